The van der Waals surface area contributed by atoms with E-state index in [-0.39, 0.29) is 11.0 Å². The van der Waals surface area contributed by atoms with Crippen LogP contribution < -0.4 is 5.32 Å². The Labute approximate surface area is 137 Å². The van der Waals surface area contributed by atoms with E-state index in [0.29, 0.717) is 11.3 Å². The number of nitrogens with zero attached hydrogens (tertiary/aromatic N) is 2. The lowest BCUT2D eigenvalue weighted by atomic mass is 9.85. The normalized spacial score (nSPS) is 22.0. The zero-order chi connectivity index (χ0) is 17.5. The summed E-state index contributed by atoms with van der Waals surface area (Å²) in [5, 5.41) is 10.4. The van der Waals surface area contributed by atoms with Gasteiger partial charge in [0.2, 0.25) is 5.54 Å². The first kappa shape index (κ1) is 16.5. The number of hydrogen-bond acceptors (Lipinski definition) is 8. The van der Waals surface area contributed by atoms with Crippen LogP contribution in [0.3, 0.4) is 0 Å². The van der Waals surface area contributed by atoms with Crippen LogP contribution in [-0.4, -0.2) is 33.2 Å². The fraction of sp³-hybridized carbons (Fsp3) is 0.286. The van der Waals surface area contributed by atoms with E-state index in [1.807, 2.05) is 0 Å². The zero-order valence-corrected chi connectivity index (χ0v) is 14.0. The van der Waals surface area contributed by atoms with Crippen molar-refractivity contribution in [3.63, 3.8) is 0 Å². The minimum absolute atomic E-state index is 0.278. The summed E-state index contributed by atoms with van der Waals surface area (Å²) < 4.78 is 27.3. The Bertz CT molecular complexity index is 841. The van der Waals surface area contributed by atoms with Gasteiger partial charge in [-0.3, -0.25) is 9.36 Å². The van der Waals surface area contributed by atoms with Gasteiger partial charge in [0, 0.05) is 25.5 Å². The van der Waals surface area contributed by atoms with Crippen LogP contribution in [0.2, 0.25) is 0 Å². The highest BCUT2D eigenvalue weighted by molar-refractivity contribution is 7.58. The highest BCUT2D eigenvalue weighted by Crippen LogP contribution is 2.62. The van der Waals surface area contributed by atoms with Gasteiger partial charge in [-0.15, -0.1) is 5.11 Å². The molecule has 0 saturated carbocycles. The second-order valence-corrected chi connectivity index (χ2v) is 7.11. The second-order valence-electron chi connectivity index (χ2n) is 4.96. The fourth-order valence-corrected chi connectivity index (χ4v) is 3.93. The summed E-state index contributed by atoms with van der Waals surface area (Å²) in [6.45, 7) is 0. The number of anilines is 1. The molecule has 1 aromatic rings. The van der Waals surface area contributed by atoms with Gasteiger partial charge < -0.3 is 19.1 Å². The third-order valence-corrected chi connectivity index (χ3v) is 5.70. The average molecular weight is 351 g/mol. The number of methoxy groups -OCH3 is 1. The maximum absolute atomic E-state index is 12.7. The highest BCUT2D eigenvalue weighted by atomic mass is 31.2. The Hall–Kier alpha value is -2.35. The molecule has 1 aromatic carbocycles. The summed E-state index contributed by atoms with van der Waals surface area (Å²) in [7, 11) is -0.493. The SMILES string of the molecule is COC(=O)C1=C(P(=O)(OC)OC)N=NC12C(=O)Nc1ccccc12. The van der Waals surface area contributed by atoms with Crippen molar-refractivity contribution in [1.29, 1.82) is 0 Å². The van der Waals surface area contributed by atoms with Crippen LogP contribution in [0.15, 0.2) is 45.5 Å². The van der Waals surface area contributed by atoms with E-state index in [2.05, 4.69) is 15.5 Å². The van der Waals surface area contributed by atoms with Gasteiger partial charge in [0.1, 0.15) is 5.57 Å². The standard InChI is InChI=1S/C14H14N3O6P/c1-21-12(18)10-11(24(20,22-2)23-3)16-17-14(10)8-6-4-5-7-9(8)15-13(14)19/h4-7H,1-3H3,(H,15,19). The first-order chi connectivity index (χ1) is 11.4. The average Bonchev–Trinajstić information content (AvgIpc) is 3.14. The second kappa shape index (κ2) is 5.62. The lowest BCUT2D eigenvalue weighted by Gasteiger charge is -2.20. The van der Waals surface area contributed by atoms with Crippen LogP contribution in [0.25, 0.3) is 0 Å². The number of esters is 1. The summed E-state index contributed by atoms with van der Waals surface area (Å²) in [4.78, 5) is 25.1. The van der Waals surface area contributed by atoms with E-state index >= 15 is 0 Å². The molecule has 0 bridgehead atoms. The summed E-state index contributed by atoms with van der Waals surface area (Å²) in [5.41, 5.74) is -1.50. The van der Waals surface area contributed by atoms with Crippen molar-refractivity contribution in [3.05, 3.63) is 40.8 Å². The molecule has 2 aliphatic heterocycles. The van der Waals surface area contributed by atoms with Crippen LogP contribution in [0.4, 0.5) is 5.69 Å². The van der Waals surface area contributed by atoms with E-state index in [1.165, 1.54) is 0 Å². The van der Waals surface area contributed by atoms with Crippen LogP contribution in [0, 0.1) is 0 Å². The highest BCUT2D eigenvalue weighted by Gasteiger charge is 2.60. The molecule has 2 aliphatic rings. The van der Waals surface area contributed by atoms with E-state index in [1.54, 1.807) is 24.3 Å². The number of carbonyl (C=O) groups excluding carboxylic acids is 2. The molecule has 3 rings (SSSR count). The lowest BCUT2D eigenvalue weighted by Crippen LogP contribution is -2.36. The maximum atomic E-state index is 12.7. The molecule has 0 saturated heterocycles. The molecule has 0 aromatic heterocycles. The molecule has 24 heavy (non-hydrogen) atoms. The Morgan fingerprint density at radius 1 is 1.21 bits per heavy atom. The van der Waals surface area contributed by atoms with Gasteiger partial charge in [-0.1, -0.05) is 18.2 Å². The minimum atomic E-state index is -3.93. The molecule has 9 nitrogen and oxygen atoms in total. The molecule has 0 radical (unpaired) electrons. The number of hydrogen-bond donors (Lipinski definition) is 1. The molecule has 1 unspecified atom stereocenters. The van der Waals surface area contributed by atoms with Gasteiger partial charge in [0.15, 0.2) is 5.44 Å². The Balaban J connectivity index is 2.33. The van der Waals surface area contributed by atoms with Crippen molar-refractivity contribution in [3.8, 4) is 0 Å². The van der Waals surface area contributed by atoms with Crippen molar-refractivity contribution in [1.82, 2.24) is 0 Å². The molecule has 1 atom stereocenters. The third-order valence-electron chi connectivity index (χ3n) is 3.90. The predicted molar refractivity (Wildman–Crippen MR) is 82.3 cm³/mol. The van der Waals surface area contributed by atoms with Gasteiger partial charge in [-0.25, -0.2) is 4.79 Å². The molecule has 0 aliphatic carbocycles. The molecular weight excluding hydrogens is 337 g/mol. The summed E-state index contributed by atoms with van der Waals surface area (Å²) >= 11 is 0. The van der Waals surface area contributed by atoms with E-state index < -0.39 is 25.0 Å². The van der Waals surface area contributed by atoms with E-state index in [0.717, 1.165) is 21.3 Å². The fourth-order valence-electron chi connectivity index (χ4n) is 2.75. The maximum Gasteiger partial charge on any atom is 0.381 e. The number of nitrogens with one attached hydrogen (secondary N) is 1. The van der Waals surface area contributed by atoms with Crippen LogP contribution >= 0.6 is 7.60 Å². The number of rotatable bonds is 4. The van der Waals surface area contributed by atoms with Crippen molar-refractivity contribution in [2.75, 3.05) is 26.6 Å². The predicted octanol–water partition coefficient (Wildman–Crippen LogP) is 2.17. The topological polar surface area (TPSA) is 116 Å². The minimum Gasteiger partial charge on any atom is -0.466 e. The quantitative estimate of drug-likeness (QED) is 0.656. The van der Waals surface area contributed by atoms with Crippen molar-refractivity contribution >= 4 is 25.2 Å². The van der Waals surface area contributed by atoms with Crippen molar-refractivity contribution < 1.29 is 27.9 Å². The first-order valence-corrected chi connectivity index (χ1v) is 8.38. The monoisotopic (exact) mass is 351 g/mol. The Morgan fingerprint density at radius 2 is 1.88 bits per heavy atom. The van der Waals surface area contributed by atoms with Crippen LogP contribution in [-0.2, 0) is 33.5 Å². The Kier molecular flexibility index (Phi) is 3.87. The molecule has 2 heterocycles. The molecule has 126 valence electrons. The van der Waals surface area contributed by atoms with E-state index in [4.69, 9.17) is 13.8 Å². The molecule has 1 amide bonds. The number of azo groups is 1. The third kappa shape index (κ3) is 1.99. The number of carbonyl (C=O) groups is 2. The number of fused-ring (bicyclic) bond motifs is 2. The Morgan fingerprint density at radius 3 is 2.50 bits per heavy atom. The molecule has 0 fully saturated rings. The van der Waals surface area contributed by atoms with E-state index in [9.17, 15) is 14.2 Å². The van der Waals surface area contributed by atoms with Crippen LogP contribution in [0.1, 0.15) is 5.56 Å². The number of amides is 1. The number of ether oxygens (including phenoxy) is 1. The van der Waals surface area contributed by atoms with Crippen molar-refractivity contribution in [2.24, 2.45) is 10.2 Å². The zero-order valence-electron chi connectivity index (χ0n) is 13.1. The summed E-state index contributed by atoms with van der Waals surface area (Å²) in [5.74, 6) is -1.49. The molecule has 10 heteroatoms. The number of para-hydroxylation sites is 1. The summed E-state index contributed by atoms with van der Waals surface area (Å²) in [6, 6.07) is 6.71. The van der Waals surface area contributed by atoms with Gasteiger partial charge in [0.25, 0.3) is 5.91 Å². The molecule has 1 N–H and O–H groups in total. The van der Waals surface area contributed by atoms with Gasteiger partial charge in [-0.05, 0) is 6.07 Å². The smallest absolute Gasteiger partial charge is 0.381 e. The van der Waals surface area contributed by atoms with Gasteiger partial charge >= 0.3 is 13.6 Å². The molecular formula is C14H14N3O6P. The first-order valence-electron chi connectivity index (χ1n) is 6.83. The van der Waals surface area contributed by atoms with Crippen molar-refractivity contribution in [2.45, 2.75) is 5.54 Å². The number of benzene rings is 1. The lowest BCUT2D eigenvalue weighted by molar-refractivity contribution is -0.138. The largest absolute Gasteiger partial charge is 0.466 e. The summed E-state index contributed by atoms with van der Waals surface area (Å²) in [6.07, 6.45) is 0. The van der Waals surface area contributed by atoms with Gasteiger partial charge in [-0.2, -0.15) is 5.11 Å². The molecule has 1 spiro atoms. The van der Waals surface area contributed by atoms with Crippen LogP contribution in [0.5, 0.6) is 0 Å². The van der Waals surface area contributed by atoms with Gasteiger partial charge in [0.05, 0.1) is 7.11 Å².